The second-order valence-corrected chi connectivity index (χ2v) is 6.44. The first-order valence-corrected chi connectivity index (χ1v) is 9.37. The molecule has 0 radical (unpaired) electrons. The molecule has 156 valence electrons. The summed E-state index contributed by atoms with van der Waals surface area (Å²) in [7, 11) is 5.63. The Bertz CT molecular complexity index is 592. The highest BCUT2D eigenvalue weighted by Gasteiger charge is 2.01. The van der Waals surface area contributed by atoms with E-state index in [9.17, 15) is 4.79 Å². The minimum Gasteiger partial charge on any atom is -0.385 e. The molecule has 1 aromatic rings. The maximum absolute atomic E-state index is 11.8. The van der Waals surface area contributed by atoms with Crippen molar-refractivity contribution in [1.29, 1.82) is 0 Å². The molecule has 7 nitrogen and oxygen atoms in total. The molecule has 1 heterocycles. The van der Waals surface area contributed by atoms with E-state index in [1.807, 2.05) is 17.6 Å². The number of hydrogen-bond acceptors (Lipinski definition) is 4. The Labute approximate surface area is 180 Å². The maximum Gasteiger partial charge on any atom is 0.250 e. The molecule has 0 aromatic carbocycles. The number of likely N-dealkylation sites (N-methyl/N-ethyl adjacent to an activating group) is 1. The predicted molar refractivity (Wildman–Crippen MR) is 123 cm³/mol. The molecule has 0 saturated heterocycles. The number of methoxy groups -OCH3 is 1. The van der Waals surface area contributed by atoms with Gasteiger partial charge in [-0.1, -0.05) is 6.07 Å². The highest BCUT2D eigenvalue weighted by molar-refractivity contribution is 14.0. The molecule has 1 aromatic heterocycles. The van der Waals surface area contributed by atoms with Crippen molar-refractivity contribution in [2.24, 2.45) is 4.99 Å². The van der Waals surface area contributed by atoms with Crippen molar-refractivity contribution in [2.45, 2.75) is 32.7 Å². The van der Waals surface area contributed by atoms with Crippen LogP contribution in [0.1, 0.15) is 25.0 Å². The molecule has 1 rings (SSSR count). The number of nitrogens with one attached hydrogen (secondary N) is 2. The quantitative estimate of drug-likeness (QED) is 0.201. The van der Waals surface area contributed by atoms with Crippen LogP contribution in [0.3, 0.4) is 0 Å². The van der Waals surface area contributed by atoms with Crippen LogP contribution in [0.25, 0.3) is 0 Å². The highest BCUT2D eigenvalue weighted by atomic mass is 127. The van der Waals surface area contributed by atoms with Crippen molar-refractivity contribution in [3.05, 3.63) is 34.2 Å². The lowest BCUT2D eigenvalue weighted by Gasteiger charge is -2.18. The minimum atomic E-state index is 0. The summed E-state index contributed by atoms with van der Waals surface area (Å²) >= 11 is 0. The predicted octanol–water partition coefficient (Wildman–Crippen LogP) is 1.69. The number of nitrogens with zero attached hydrogens (tertiary/aromatic N) is 3. The van der Waals surface area contributed by atoms with Crippen LogP contribution >= 0.6 is 24.0 Å². The zero-order valence-electron chi connectivity index (χ0n) is 17.2. The van der Waals surface area contributed by atoms with Gasteiger partial charge in [0.25, 0.3) is 5.56 Å². The Balaban J connectivity index is 0.00000676. The molecule has 0 aliphatic rings. The van der Waals surface area contributed by atoms with E-state index in [-0.39, 0.29) is 29.5 Å². The summed E-state index contributed by atoms with van der Waals surface area (Å²) in [5.41, 5.74) is 1.09. The molecule has 2 N–H and O–H groups in total. The fourth-order valence-corrected chi connectivity index (χ4v) is 2.69. The molecule has 0 amide bonds. The van der Waals surface area contributed by atoms with Crippen LogP contribution in [0.2, 0.25) is 0 Å². The summed E-state index contributed by atoms with van der Waals surface area (Å²) in [4.78, 5) is 18.3. The van der Waals surface area contributed by atoms with Crippen molar-refractivity contribution in [3.8, 4) is 0 Å². The molecule has 27 heavy (non-hydrogen) atoms. The first kappa shape index (κ1) is 25.9. The Morgan fingerprint density at radius 2 is 1.93 bits per heavy atom. The lowest BCUT2D eigenvalue weighted by Crippen LogP contribution is -2.41. The summed E-state index contributed by atoms with van der Waals surface area (Å²) < 4.78 is 6.89. The number of ether oxygens (including phenoxy) is 1. The van der Waals surface area contributed by atoms with Crippen LogP contribution in [-0.2, 0) is 11.3 Å². The molecular formula is C19H36IN5O2. The van der Waals surface area contributed by atoms with E-state index in [0.717, 1.165) is 70.2 Å². The van der Waals surface area contributed by atoms with Crippen LogP contribution in [0.4, 0.5) is 0 Å². The lowest BCUT2D eigenvalue weighted by molar-refractivity contribution is 0.180. The van der Waals surface area contributed by atoms with Crippen molar-refractivity contribution in [2.75, 3.05) is 54.0 Å². The van der Waals surface area contributed by atoms with Gasteiger partial charge in [0.05, 0.1) is 0 Å². The molecule has 0 fully saturated rings. The van der Waals surface area contributed by atoms with Gasteiger partial charge in [0.2, 0.25) is 0 Å². The summed E-state index contributed by atoms with van der Waals surface area (Å²) in [6, 6.07) is 5.39. The number of hydrogen-bond donors (Lipinski definition) is 2. The van der Waals surface area contributed by atoms with Crippen LogP contribution in [-0.4, -0.2) is 69.4 Å². The molecule has 0 unspecified atom stereocenters. The number of unbranched alkanes of at least 4 members (excludes halogenated alkanes) is 1. The third-order valence-electron chi connectivity index (χ3n) is 4.27. The Morgan fingerprint density at radius 1 is 1.19 bits per heavy atom. The van der Waals surface area contributed by atoms with Gasteiger partial charge in [0, 0.05) is 65.2 Å². The number of rotatable bonds is 12. The Morgan fingerprint density at radius 3 is 2.59 bits per heavy atom. The summed E-state index contributed by atoms with van der Waals surface area (Å²) in [5.74, 6) is 0.823. The van der Waals surface area contributed by atoms with Gasteiger partial charge in [-0.3, -0.25) is 9.79 Å². The van der Waals surface area contributed by atoms with Gasteiger partial charge in [-0.2, -0.15) is 0 Å². The van der Waals surface area contributed by atoms with Gasteiger partial charge in [-0.15, -0.1) is 24.0 Å². The SMILES string of the molecule is CN=C(NCCCCn1c(C)cccc1=O)NCCN(C)CCCOC.I. The highest BCUT2D eigenvalue weighted by Crippen LogP contribution is 1.97. The molecule has 0 saturated carbocycles. The van der Waals surface area contributed by atoms with Crippen LogP contribution < -0.4 is 16.2 Å². The number of aryl methyl sites for hydroxylation is 1. The van der Waals surface area contributed by atoms with E-state index < -0.39 is 0 Å². The van der Waals surface area contributed by atoms with Gasteiger partial charge in [-0.25, -0.2) is 0 Å². The first-order valence-electron chi connectivity index (χ1n) is 9.37. The topological polar surface area (TPSA) is 70.9 Å². The van der Waals surface area contributed by atoms with Crippen molar-refractivity contribution >= 4 is 29.9 Å². The third-order valence-corrected chi connectivity index (χ3v) is 4.27. The van der Waals surface area contributed by atoms with Gasteiger partial charge in [0.15, 0.2) is 5.96 Å². The van der Waals surface area contributed by atoms with Gasteiger partial charge in [-0.05, 0) is 39.3 Å². The van der Waals surface area contributed by atoms with E-state index in [1.54, 1.807) is 26.3 Å². The molecule has 8 heteroatoms. The minimum absolute atomic E-state index is 0. The molecular weight excluding hydrogens is 457 g/mol. The van der Waals surface area contributed by atoms with Gasteiger partial charge in [0.1, 0.15) is 0 Å². The standard InChI is InChI=1S/C19H35N5O2.HI/c1-17-9-7-10-18(25)24(17)14-6-5-11-21-19(20-2)22-12-15-23(3)13-8-16-26-4;/h7,9-10H,5-6,8,11-16H2,1-4H3,(H2,20,21,22);1H. The van der Waals surface area contributed by atoms with Crippen molar-refractivity contribution in [3.63, 3.8) is 0 Å². The number of guanidine groups is 1. The number of aliphatic imine (C=N–C) groups is 1. The van der Waals surface area contributed by atoms with Crippen LogP contribution in [0, 0.1) is 6.92 Å². The fourth-order valence-electron chi connectivity index (χ4n) is 2.69. The van der Waals surface area contributed by atoms with Gasteiger partial charge < -0.3 is 24.8 Å². The van der Waals surface area contributed by atoms with E-state index in [2.05, 4.69) is 27.6 Å². The molecule has 0 bridgehead atoms. The average Bonchev–Trinajstić information content (AvgIpc) is 2.62. The maximum atomic E-state index is 11.8. The number of pyridine rings is 1. The van der Waals surface area contributed by atoms with E-state index in [4.69, 9.17) is 4.74 Å². The van der Waals surface area contributed by atoms with E-state index >= 15 is 0 Å². The van der Waals surface area contributed by atoms with Crippen molar-refractivity contribution in [1.82, 2.24) is 20.1 Å². The zero-order chi connectivity index (χ0) is 19.2. The summed E-state index contributed by atoms with van der Waals surface area (Å²) in [6.45, 7) is 7.20. The average molecular weight is 493 g/mol. The second kappa shape index (κ2) is 15.9. The molecule has 0 spiro atoms. The van der Waals surface area contributed by atoms with Crippen LogP contribution in [0.15, 0.2) is 28.0 Å². The fraction of sp³-hybridized carbons (Fsp3) is 0.684. The van der Waals surface area contributed by atoms with Crippen LogP contribution in [0.5, 0.6) is 0 Å². The van der Waals surface area contributed by atoms with E-state index in [1.165, 1.54) is 0 Å². The molecule has 0 aliphatic carbocycles. The third kappa shape index (κ3) is 11.3. The Kier molecular flexibility index (Phi) is 15.2. The monoisotopic (exact) mass is 493 g/mol. The number of aromatic nitrogens is 1. The lowest BCUT2D eigenvalue weighted by atomic mass is 10.3. The second-order valence-electron chi connectivity index (χ2n) is 6.44. The molecule has 0 atom stereocenters. The largest absolute Gasteiger partial charge is 0.385 e. The van der Waals surface area contributed by atoms with Crippen molar-refractivity contribution < 1.29 is 4.74 Å². The van der Waals surface area contributed by atoms with E-state index in [0.29, 0.717) is 0 Å². The van der Waals surface area contributed by atoms with Gasteiger partial charge >= 0.3 is 0 Å². The summed E-state index contributed by atoms with van der Waals surface area (Å²) in [5, 5.41) is 6.65. The summed E-state index contributed by atoms with van der Waals surface area (Å²) in [6.07, 6.45) is 2.99. The zero-order valence-corrected chi connectivity index (χ0v) is 19.5. The number of halogens is 1. The molecule has 0 aliphatic heterocycles. The normalized spacial score (nSPS) is 11.4. The smallest absolute Gasteiger partial charge is 0.250 e. The Hall–Kier alpha value is -1.13. The first-order chi connectivity index (χ1) is 12.6.